The number of para-hydroxylation sites is 2. The Balaban J connectivity index is 1.71. The largest absolute Gasteiger partial charge is 0.477 e. The predicted octanol–water partition coefficient (Wildman–Crippen LogP) is 3.47. The Labute approximate surface area is 149 Å². The Morgan fingerprint density at radius 1 is 1.08 bits per heavy atom. The number of furan rings is 1. The van der Waals surface area contributed by atoms with Gasteiger partial charge in [-0.25, -0.2) is 0 Å². The fourth-order valence-electron chi connectivity index (χ4n) is 2.50. The van der Waals surface area contributed by atoms with Crippen molar-refractivity contribution in [2.45, 2.75) is 6.04 Å². The number of carbonyl (C=O) groups is 1. The Morgan fingerprint density at radius 2 is 1.81 bits per heavy atom. The smallest absolute Gasteiger partial charge is 0.310 e. The molecule has 0 spiro atoms. The summed E-state index contributed by atoms with van der Waals surface area (Å²) in [7, 11) is 0. The predicted molar refractivity (Wildman–Crippen MR) is 93.7 cm³/mol. The molecule has 1 unspecified atom stereocenters. The lowest BCUT2D eigenvalue weighted by atomic mass is 10.0. The molecule has 0 radical (unpaired) electrons. The molecule has 0 saturated carbocycles. The van der Waals surface area contributed by atoms with Crippen molar-refractivity contribution in [3.8, 4) is 5.75 Å². The zero-order valence-electron chi connectivity index (χ0n) is 13.7. The summed E-state index contributed by atoms with van der Waals surface area (Å²) < 4.78 is 10.7. The summed E-state index contributed by atoms with van der Waals surface area (Å²) >= 11 is 0. The second-order valence-electron chi connectivity index (χ2n) is 5.44. The molecule has 1 heterocycles. The van der Waals surface area contributed by atoms with Crippen molar-refractivity contribution in [3.63, 3.8) is 0 Å². The van der Waals surface area contributed by atoms with E-state index in [9.17, 15) is 14.9 Å². The molecule has 0 aliphatic heterocycles. The van der Waals surface area contributed by atoms with Gasteiger partial charge in [0.2, 0.25) is 0 Å². The fraction of sp³-hybridized carbons (Fsp3) is 0.105. The van der Waals surface area contributed by atoms with Crippen LogP contribution in [-0.4, -0.2) is 17.4 Å². The third kappa shape index (κ3) is 4.07. The number of nitro benzene ring substituents is 1. The molecule has 3 aromatic rings. The minimum Gasteiger partial charge on any atom is -0.477 e. The highest BCUT2D eigenvalue weighted by Gasteiger charge is 2.20. The first kappa shape index (κ1) is 17.2. The van der Waals surface area contributed by atoms with E-state index in [4.69, 9.17) is 9.15 Å². The molecule has 0 aliphatic rings. The quantitative estimate of drug-likeness (QED) is 0.519. The molecule has 0 fully saturated rings. The van der Waals surface area contributed by atoms with Gasteiger partial charge in [0.1, 0.15) is 11.8 Å². The van der Waals surface area contributed by atoms with Gasteiger partial charge in [-0.15, -0.1) is 0 Å². The standard InChI is InChI=1S/C19H16N2O5/c22-18(13-26-16-10-5-4-9-15(16)21(23)24)20-19(17-11-6-12-25-17)14-7-2-1-3-8-14/h1-12,19H,13H2,(H,20,22). The van der Waals surface area contributed by atoms with E-state index in [1.807, 2.05) is 30.3 Å². The number of rotatable bonds is 7. The van der Waals surface area contributed by atoms with Crippen LogP contribution in [0.5, 0.6) is 5.75 Å². The second-order valence-corrected chi connectivity index (χ2v) is 5.44. The maximum atomic E-state index is 12.3. The molecule has 7 heteroatoms. The molecule has 1 atom stereocenters. The lowest BCUT2D eigenvalue weighted by Gasteiger charge is -2.17. The molecule has 0 saturated heterocycles. The molecule has 26 heavy (non-hydrogen) atoms. The summed E-state index contributed by atoms with van der Waals surface area (Å²) in [5.41, 5.74) is 0.660. The number of amides is 1. The third-order valence-electron chi connectivity index (χ3n) is 3.69. The zero-order valence-corrected chi connectivity index (χ0v) is 13.7. The van der Waals surface area contributed by atoms with E-state index in [-0.39, 0.29) is 18.0 Å². The first-order chi connectivity index (χ1) is 12.6. The minimum atomic E-state index is -0.553. The van der Waals surface area contributed by atoms with E-state index in [2.05, 4.69) is 5.32 Å². The Kier molecular flexibility index (Phi) is 5.28. The number of hydrogen-bond acceptors (Lipinski definition) is 5. The van der Waals surface area contributed by atoms with Crippen LogP contribution in [0.3, 0.4) is 0 Å². The number of carbonyl (C=O) groups excluding carboxylic acids is 1. The van der Waals surface area contributed by atoms with E-state index in [0.29, 0.717) is 5.76 Å². The van der Waals surface area contributed by atoms with Crippen molar-refractivity contribution in [2.75, 3.05) is 6.61 Å². The molecule has 1 aromatic heterocycles. The van der Waals surface area contributed by atoms with Gasteiger partial charge < -0.3 is 14.5 Å². The first-order valence-corrected chi connectivity index (χ1v) is 7.89. The van der Waals surface area contributed by atoms with Gasteiger partial charge in [0, 0.05) is 6.07 Å². The SMILES string of the molecule is O=C(COc1ccccc1[N+](=O)[O-])NC(c1ccccc1)c1ccco1. The monoisotopic (exact) mass is 352 g/mol. The summed E-state index contributed by atoms with van der Waals surface area (Å²) in [6.45, 7) is -0.352. The van der Waals surface area contributed by atoms with Crippen LogP contribution in [0.25, 0.3) is 0 Å². The van der Waals surface area contributed by atoms with E-state index < -0.39 is 16.9 Å². The highest BCUT2D eigenvalue weighted by molar-refractivity contribution is 5.78. The molecule has 1 N–H and O–H groups in total. The average Bonchev–Trinajstić information content (AvgIpc) is 3.19. The van der Waals surface area contributed by atoms with E-state index >= 15 is 0 Å². The summed E-state index contributed by atoms with van der Waals surface area (Å²) in [5.74, 6) is 0.200. The summed E-state index contributed by atoms with van der Waals surface area (Å²) in [6, 6.07) is 18.3. The molecule has 2 aromatic carbocycles. The van der Waals surface area contributed by atoms with Crippen molar-refractivity contribution in [3.05, 3.63) is 94.4 Å². The minimum absolute atomic E-state index is 0.0434. The van der Waals surface area contributed by atoms with Crippen LogP contribution in [-0.2, 0) is 4.79 Å². The van der Waals surface area contributed by atoms with Crippen LogP contribution in [0.15, 0.2) is 77.4 Å². The fourth-order valence-corrected chi connectivity index (χ4v) is 2.50. The average molecular weight is 352 g/mol. The van der Waals surface area contributed by atoms with Gasteiger partial charge in [-0.05, 0) is 23.8 Å². The molecule has 1 amide bonds. The lowest BCUT2D eigenvalue weighted by Crippen LogP contribution is -2.33. The number of nitrogens with zero attached hydrogens (tertiary/aromatic N) is 1. The van der Waals surface area contributed by atoms with Gasteiger partial charge in [0.25, 0.3) is 5.91 Å². The molecule has 3 rings (SSSR count). The van der Waals surface area contributed by atoms with Crippen molar-refractivity contribution in [2.24, 2.45) is 0 Å². The summed E-state index contributed by atoms with van der Waals surface area (Å²) in [4.78, 5) is 22.8. The Hall–Kier alpha value is -3.61. The second kappa shape index (κ2) is 7.98. The molecular weight excluding hydrogens is 336 g/mol. The molecular formula is C19H16N2O5. The number of nitro groups is 1. The van der Waals surface area contributed by atoms with Crippen molar-refractivity contribution in [1.82, 2.24) is 5.32 Å². The molecule has 7 nitrogen and oxygen atoms in total. The zero-order chi connectivity index (χ0) is 18.4. The summed E-state index contributed by atoms with van der Waals surface area (Å²) in [5, 5.41) is 13.8. The number of ether oxygens (including phenoxy) is 1. The van der Waals surface area contributed by atoms with Crippen molar-refractivity contribution >= 4 is 11.6 Å². The van der Waals surface area contributed by atoms with Gasteiger partial charge in [-0.3, -0.25) is 14.9 Å². The van der Waals surface area contributed by atoms with Crippen LogP contribution in [0.2, 0.25) is 0 Å². The van der Waals surface area contributed by atoms with Gasteiger partial charge in [0.05, 0.1) is 11.2 Å². The normalized spacial score (nSPS) is 11.5. The van der Waals surface area contributed by atoms with Crippen LogP contribution < -0.4 is 10.1 Å². The van der Waals surface area contributed by atoms with Crippen LogP contribution >= 0.6 is 0 Å². The van der Waals surface area contributed by atoms with E-state index in [1.54, 1.807) is 18.2 Å². The van der Waals surface area contributed by atoms with Crippen LogP contribution in [0, 0.1) is 10.1 Å². The van der Waals surface area contributed by atoms with E-state index in [1.165, 1.54) is 24.5 Å². The molecule has 132 valence electrons. The number of nitrogens with one attached hydrogen (secondary N) is 1. The topological polar surface area (TPSA) is 94.6 Å². The summed E-state index contributed by atoms with van der Waals surface area (Å²) in [6.07, 6.45) is 1.53. The maximum Gasteiger partial charge on any atom is 0.310 e. The molecule has 0 bridgehead atoms. The van der Waals surface area contributed by atoms with Crippen LogP contribution in [0.4, 0.5) is 5.69 Å². The lowest BCUT2D eigenvalue weighted by molar-refractivity contribution is -0.385. The first-order valence-electron chi connectivity index (χ1n) is 7.89. The Morgan fingerprint density at radius 3 is 2.50 bits per heavy atom. The van der Waals surface area contributed by atoms with Gasteiger partial charge >= 0.3 is 5.69 Å². The van der Waals surface area contributed by atoms with Crippen LogP contribution in [0.1, 0.15) is 17.4 Å². The third-order valence-corrected chi connectivity index (χ3v) is 3.69. The van der Waals surface area contributed by atoms with Gasteiger partial charge in [-0.2, -0.15) is 0 Å². The molecule has 0 aliphatic carbocycles. The van der Waals surface area contributed by atoms with Gasteiger partial charge in [0.15, 0.2) is 12.4 Å². The maximum absolute atomic E-state index is 12.3. The van der Waals surface area contributed by atoms with Gasteiger partial charge in [-0.1, -0.05) is 42.5 Å². The highest BCUT2D eigenvalue weighted by atomic mass is 16.6. The van der Waals surface area contributed by atoms with Crippen molar-refractivity contribution < 1.29 is 18.9 Å². The number of hydrogen-bond donors (Lipinski definition) is 1. The highest BCUT2D eigenvalue weighted by Crippen LogP contribution is 2.26. The number of benzene rings is 2. The Bertz CT molecular complexity index is 878. The van der Waals surface area contributed by atoms with E-state index in [0.717, 1.165) is 5.56 Å². The van der Waals surface area contributed by atoms with Crippen molar-refractivity contribution in [1.29, 1.82) is 0 Å².